The summed E-state index contributed by atoms with van der Waals surface area (Å²) in [6.45, 7) is 3.58. The first kappa shape index (κ1) is 17.8. The van der Waals surface area contributed by atoms with Crippen LogP contribution in [0.4, 0.5) is 8.78 Å². The number of rotatable bonds is 4. The number of carbonyl (C=O) groups is 1. The number of nitrogens with one attached hydrogen (secondary N) is 1. The van der Waals surface area contributed by atoms with Crippen molar-refractivity contribution in [2.45, 2.75) is 44.4 Å². The highest BCUT2D eigenvalue weighted by molar-refractivity contribution is 5.82. The predicted molar refractivity (Wildman–Crippen MR) is 89.8 cm³/mol. The van der Waals surface area contributed by atoms with E-state index in [0.29, 0.717) is 32.3 Å². The molecule has 0 spiro atoms. The molecule has 3 aliphatic rings. The number of amides is 1. The molecule has 1 aromatic heterocycles. The monoisotopic (exact) mass is 369 g/mol. The molecule has 4 rings (SSSR count). The molecule has 26 heavy (non-hydrogen) atoms. The third-order valence-electron chi connectivity index (χ3n) is 5.61. The summed E-state index contributed by atoms with van der Waals surface area (Å²) in [6, 6.07) is -0.296. The largest absolute Gasteiger partial charge is 0.378 e. The Morgan fingerprint density at radius 2 is 2.12 bits per heavy atom. The van der Waals surface area contributed by atoms with Crippen molar-refractivity contribution in [1.82, 2.24) is 24.9 Å². The number of aromatic nitrogens is 2. The molecular formula is C17H25F2N5O2. The smallest absolute Gasteiger partial charge is 0.251 e. The molecule has 144 valence electrons. The molecule has 1 atom stereocenters. The van der Waals surface area contributed by atoms with Gasteiger partial charge >= 0.3 is 0 Å². The summed E-state index contributed by atoms with van der Waals surface area (Å²) in [6.07, 6.45) is 1.16. The fourth-order valence-corrected chi connectivity index (χ4v) is 4.20. The third-order valence-corrected chi connectivity index (χ3v) is 5.61. The first-order valence-electron chi connectivity index (χ1n) is 9.28. The van der Waals surface area contributed by atoms with Gasteiger partial charge in [-0.3, -0.25) is 14.4 Å². The lowest BCUT2D eigenvalue weighted by atomic mass is 10.0. The topological polar surface area (TPSA) is 62.6 Å². The molecule has 4 heterocycles. The first-order valence-corrected chi connectivity index (χ1v) is 9.28. The van der Waals surface area contributed by atoms with Crippen molar-refractivity contribution < 1.29 is 18.3 Å². The van der Waals surface area contributed by atoms with Gasteiger partial charge in [-0.1, -0.05) is 0 Å². The quantitative estimate of drug-likeness (QED) is 0.843. The van der Waals surface area contributed by atoms with Crippen LogP contribution in [0.25, 0.3) is 0 Å². The number of carbonyl (C=O) groups excluding carboxylic acids is 1. The highest BCUT2D eigenvalue weighted by Crippen LogP contribution is 2.27. The molecule has 1 amide bonds. The summed E-state index contributed by atoms with van der Waals surface area (Å²) >= 11 is 0. The van der Waals surface area contributed by atoms with Crippen LogP contribution in [0.5, 0.6) is 0 Å². The molecule has 0 aromatic carbocycles. The number of alkyl halides is 2. The number of morpholine rings is 1. The molecule has 0 aliphatic carbocycles. The van der Waals surface area contributed by atoms with Crippen molar-refractivity contribution in [2.24, 2.45) is 0 Å². The lowest BCUT2D eigenvalue weighted by Crippen LogP contribution is -2.57. The van der Waals surface area contributed by atoms with Crippen molar-refractivity contribution in [2.75, 3.05) is 39.4 Å². The van der Waals surface area contributed by atoms with Crippen molar-refractivity contribution in [3.8, 4) is 0 Å². The number of likely N-dealkylation sites (tertiary alicyclic amines) is 1. The maximum Gasteiger partial charge on any atom is 0.251 e. The number of ether oxygens (including phenoxy) is 1. The van der Waals surface area contributed by atoms with Crippen LogP contribution in [0.2, 0.25) is 0 Å². The van der Waals surface area contributed by atoms with Crippen molar-refractivity contribution in [1.29, 1.82) is 0 Å². The second-order valence-corrected chi connectivity index (χ2v) is 7.20. The Bertz CT molecular complexity index is 645. The summed E-state index contributed by atoms with van der Waals surface area (Å²) in [5.41, 5.74) is 2.50. The molecule has 0 radical (unpaired) electrons. The summed E-state index contributed by atoms with van der Waals surface area (Å²) < 4.78 is 33.1. The van der Waals surface area contributed by atoms with Gasteiger partial charge in [0.2, 0.25) is 5.91 Å². The van der Waals surface area contributed by atoms with Gasteiger partial charge in [0.15, 0.2) is 0 Å². The Morgan fingerprint density at radius 1 is 1.31 bits per heavy atom. The molecule has 9 heteroatoms. The van der Waals surface area contributed by atoms with E-state index in [4.69, 9.17) is 4.74 Å². The molecule has 3 aliphatic heterocycles. The average Bonchev–Trinajstić information content (AvgIpc) is 3.25. The third kappa shape index (κ3) is 3.47. The Morgan fingerprint density at radius 3 is 2.88 bits per heavy atom. The zero-order valence-corrected chi connectivity index (χ0v) is 14.7. The molecule has 2 fully saturated rings. The van der Waals surface area contributed by atoms with Crippen LogP contribution in [-0.2, 0) is 22.6 Å². The molecule has 0 saturated carbocycles. The zero-order chi connectivity index (χ0) is 18.1. The SMILES string of the molecule is O=C(C1COCCN1CC(F)F)N1CCC(n2ncc3c2CNC3)CC1. The number of fused-ring (bicyclic) bond motifs is 1. The van der Waals surface area contributed by atoms with E-state index in [1.54, 1.807) is 9.80 Å². The van der Waals surface area contributed by atoms with Crippen molar-refractivity contribution in [3.63, 3.8) is 0 Å². The van der Waals surface area contributed by atoms with E-state index < -0.39 is 12.5 Å². The van der Waals surface area contributed by atoms with E-state index in [0.717, 1.165) is 25.9 Å². The Labute approximate surface area is 151 Å². The number of halogens is 2. The van der Waals surface area contributed by atoms with E-state index in [1.165, 1.54) is 11.3 Å². The Hall–Kier alpha value is -1.58. The van der Waals surface area contributed by atoms with Crippen LogP contribution < -0.4 is 5.32 Å². The minimum atomic E-state index is -2.44. The molecule has 2 saturated heterocycles. The summed E-state index contributed by atoms with van der Waals surface area (Å²) in [4.78, 5) is 16.2. The van der Waals surface area contributed by atoms with Gasteiger partial charge in [-0.05, 0) is 12.8 Å². The lowest BCUT2D eigenvalue weighted by molar-refractivity contribution is -0.145. The van der Waals surface area contributed by atoms with Gasteiger partial charge in [0, 0.05) is 38.3 Å². The van der Waals surface area contributed by atoms with Crippen LogP contribution >= 0.6 is 0 Å². The maximum absolute atomic E-state index is 12.9. The van der Waals surface area contributed by atoms with Crippen LogP contribution in [-0.4, -0.2) is 77.3 Å². The molecule has 1 unspecified atom stereocenters. The number of nitrogens with zero attached hydrogens (tertiary/aromatic N) is 4. The van der Waals surface area contributed by atoms with Gasteiger partial charge in [0.1, 0.15) is 6.04 Å². The maximum atomic E-state index is 12.9. The van der Waals surface area contributed by atoms with E-state index >= 15 is 0 Å². The summed E-state index contributed by atoms with van der Waals surface area (Å²) in [5, 5.41) is 7.86. The first-order chi connectivity index (χ1) is 12.6. The van der Waals surface area contributed by atoms with Gasteiger partial charge in [0.05, 0.1) is 37.7 Å². The minimum absolute atomic E-state index is 0.0869. The van der Waals surface area contributed by atoms with Gasteiger partial charge in [-0.15, -0.1) is 0 Å². The van der Waals surface area contributed by atoms with E-state index in [2.05, 4.69) is 15.1 Å². The van der Waals surface area contributed by atoms with Gasteiger partial charge in [-0.25, -0.2) is 8.78 Å². The van der Waals surface area contributed by atoms with Gasteiger partial charge in [-0.2, -0.15) is 5.10 Å². The predicted octanol–water partition coefficient (Wildman–Crippen LogP) is 0.616. The van der Waals surface area contributed by atoms with Crippen LogP contribution in [0.1, 0.15) is 30.1 Å². The zero-order valence-electron chi connectivity index (χ0n) is 14.7. The number of hydrogen-bond acceptors (Lipinski definition) is 5. The van der Waals surface area contributed by atoms with Crippen molar-refractivity contribution in [3.05, 3.63) is 17.5 Å². The lowest BCUT2D eigenvalue weighted by Gasteiger charge is -2.39. The summed E-state index contributed by atoms with van der Waals surface area (Å²) in [7, 11) is 0. The standard InChI is InChI=1S/C17H25F2N5O2/c18-16(19)10-23-5-6-26-11-15(23)17(25)22-3-1-13(2-4-22)24-14-9-20-7-12(14)8-21-24/h8,13,15-16,20H,1-7,9-11H2. The molecule has 1 aromatic rings. The Balaban J connectivity index is 1.37. The fourth-order valence-electron chi connectivity index (χ4n) is 4.20. The molecule has 7 nitrogen and oxygen atoms in total. The highest BCUT2D eigenvalue weighted by atomic mass is 19.3. The van der Waals surface area contributed by atoms with Gasteiger partial charge < -0.3 is 15.0 Å². The van der Waals surface area contributed by atoms with Crippen LogP contribution in [0.15, 0.2) is 6.20 Å². The second kappa shape index (κ2) is 7.58. The molecular weight excluding hydrogens is 344 g/mol. The fraction of sp³-hybridized carbons (Fsp3) is 0.765. The number of hydrogen-bond donors (Lipinski definition) is 1. The van der Waals surface area contributed by atoms with Crippen molar-refractivity contribution >= 4 is 5.91 Å². The van der Waals surface area contributed by atoms with E-state index in [1.807, 2.05) is 6.20 Å². The average molecular weight is 369 g/mol. The second-order valence-electron chi connectivity index (χ2n) is 7.20. The number of piperidine rings is 1. The summed E-state index contributed by atoms with van der Waals surface area (Å²) in [5.74, 6) is -0.0869. The minimum Gasteiger partial charge on any atom is -0.378 e. The molecule has 1 N–H and O–H groups in total. The molecule has 0 bridgehead atoms. The van der Waals surface area contributed by atoms with E-state index in [9.17, 15) is 13.6 Å². The van der Waals surface area contributed by atoms with Crippen LogP contribution in [0, 0.1) is 0 Å². The Kier molecular flexibility index (Phi) is 5.19. The van der Waals surface area contributed by atoms with Crippen LogP contribution in [0.3, 0.4) is 0 Å². The normalized spacial score (nSPS) is 25.0. The van der Waals surface area contributed by atoms with E-state index in [-0.39, 0.29) is 19.1 Å². The van der Waals surface area contributed by atoms with Gasteiger partial charge in [0.25, 0.3) is 6.43 Å². The highest BCUT2D eigenvalue weighted by Gasteiger charge is 2.36.